The molecule has 0 bridgehead atoms. The third-order valence-corrected chi connectivity index (χ3v) is 4.84. The molecule has 0 saturated heterocycles. The van der Waals surface area contributed by atoms with E-state index in [2.05, 4.69) is 20.6 Å². The Kier molecular flexibility index (Phi) is 4.82. The summed E-state index contributed by atoms with van der Waals surface area (Å²) in [5.41, 5.74) is 3.00. The lowest BCUT2D eigenvalue weighted by molar-refractivity contribution is -0.135. The molecule has 2 heterocycles. The zero-order valence-corrected chi connectivity index (χ0v) is 15.1. The number of para-hydroxylation sites is 1. The zero-order valence-electron chi connectivity index (χ0n) is 15.1. The fourth-order valence-corrected chi connectivity index (χ4v) is 3.46. The first-order valence-corrected chi connectivity index (χ1v) is 8.99. The average molecular weight is 363 g/mol. The van der Waals surface area contributed by atoms with Gasteiger partial charge in [0.25, 0.3) is 0 Å². The van der Waals surface area contributed by atoms with Gasteiger partial charge in [0.15, 0.2) is 0 Å². The van der Waals surface area contributed by atoms with Gasteiger partial charge < -0.3 is 9.64 Å². The number of nitrogens with one attached hydrogen (secondary N) is 1. The van der Waals surface area contributed by atoms with Crippen molar-refractivity contribution in [1.82, 2.24) is 25.5 Å². The van der Waals surface area contributed by atoms with Crippen LogP contribution in [-0.2, 0) is 17.8 Å². The van der Waals surface area contributed by atoms with E-state index in [0.29, 0.717) is 25.4 Å². The Morgan fingerprint density at radius 3 is 3.00 bits per heavy atom. The number of hydrogen-bond acceptors (Lipinski definition) is 5. The lowest BCUT2D eigenvalue weighted by atomic mass is 9.95. The summed E-state index contributed by atoms with van der Waals surface area (Å²) in [5, 5.41) is 14.1. The lowest BCUT2D eigenvalue weighted by Gasteiger charge is -2.23. The highest BCUT2D eigenvalue weighted by molar-refractivity contribution is 5.79. The summed E-state index contributed by atoms with van der Waals surface area (Å²) in [4.78, 5) is 14.8. The van der Waals surface area contributed by atoms with E-state index in [1.165, 1.54) is 0 Å². The first-order chi connectivity index (χ1) is 13.2. The standard InChI is InChI=1S/C20H21N5O2/c1-25(13-14-5-4-7-16(11-14)19-21-23-24-22-19)20(26)17-9-10-27-18-8-3-2-6-15(18)12-17/h2-8,11,17H,9-10,12-13H2,1H3,(H,21,22,23,24)/t17-/m1/s1. The van der Waals surface area contributed by atoms with E-state index >= 15 is 0 Å². The Hall–Kier alpha value is -3.22. The number of hydrogen-bond donors (Lipinski definition) is 1. The van der Waals surface area contributed by atoms with Gasteiger partial charge in [-0.2, -0.15) is 5.21 Å². The van der Waals surface area contributed by atoms with E-state index in [1.54, 1.807) is 4.90 Å². The molecule has 27 heavy (non-hydrogen) atoms. The van der Waals surface area contributed by atoms with Crippen LogP contribution < -0.4 is 4.74 Å². The summed E-state index contributed by atoms with van der Waals surface area (Å²) >= 11 is 0. The molecule has 1 amide bonds. The normalized spacial score (nSPS) is 16.1. The second kappa shape index (κ2) is 7.57. The van der Waals surface area contributed by atoms with Crippen LogP contribution in [0, 0.1) is 5.92 Å². The molecule has 1 N–H and O–H groups in total. The van der Waals surface area contributed by atoms with Gasteiger partial charge in [-0.3, -0.25) is 4.79 Å². The van der Waals surface area contributed by atoms with Crippen LogP contribution in [0.1, 0.15) is 17.5 Å². The van der Waals surface area contributed by atoms with E-state index < -0.39 is 0 Å². The van der Waals surface area contributed by atoms with Gasteiger partial charge in [0.1, 0.15) is 5.75 Å². The Balaban J connectivity index is 1.46. The van der Waals surface area contributed by atoms with E-state index in [-0.39, 0.29) is 11.8 Å². The van der Waals surface area contributed by atoms with E-state index in [4.69, 9.17) is 4.74 Å². The van der Waals surface area contributed by atoms with Gasteiger partial charge in [-0.05, 0) is 41.3 Å². The summed E-state index contributed by atoms with van der Waals surface area (Å²) in [6, 6.07) is 15.8. The summed E-state index contributed by atoms with van der Waals surface area (Å²) in [6.07, 6.45) is 1.43. The molecular weight excluding hydrogens is 342 g/mol. The van der Waals surface area contributed by atoms with Gasteiger partial charge in [0.2, 0.25) is 11.7 Å². The molecule has 1 atom stereocenters. The predicted molar refractivity (Wildman–Crippen MR) is 99.8 cm³/mol. The van der Waals surface area contributed by atoms with Crippen molar-refractivity contribution in [2.24, 2.45) is 5.92 Å². The molecule has 1 aliphatic rings. The quantitative estimate of drug-likeness (QED) is 0.770. The van der Waals surface area contributed by atoms with Crippen LogP contribution in [0.25, 0.3) is 11.4 Å². The average Bonchev–Trinajstić information content (AvgIpc) is 3.14. The summed E-state index contributed by atoms with van der Waals surface area (Å²) in [5.74, 6) is 1.51. The molecule has 1 aliphatic heterocycles. The van der Waals surface area contributed by atoms with Crippen LogP contribution in [0.4, 0.5) is 0 Å². The van der Waals surface area contributed by atoms with Gasteiger partial charge in [-0.15, -0.1) is 10.2 Å². The van der Waals surface area contributed by atoms with Crippen molar-refractivity contribution >= 4 is 5.91 Å². The Morgan fingerprint density at radius 2 is 2.15 bits per heavy atom. The fraction of sp³-hybridized carbons (Fsp3) is 0.300. The maximum atomic E-state index is 13.0. The third-order valence-electron chi connectivity index (χ3n) is 4.84. The second-order valence-electron chi connectivity index (χ2n) is 6.78. The monoisotopic (exact) mass is 363 g/mol. The fourth-order valence-electron chi connectivity index (χ4n) is 3.46. The van der Waals surface area contributed by atoms with E-state index in [1.807, 2.05) is 55.6 Å². The molecule has 2 aromatic carbocycles. The molecule has 0 radical (unpaired) electrons. The highest BCUT2D eigenvalue weighted by Crippen LogP contribution is 2.27. The Bertz CT molecular complexity index is 926. The first-order valence-electron chi connectivity index (χ1n) is 8.99. The molecule has 0 spiro atoms. The van der Waals surface area contributed by atoms with Crippen LogP contribution in [0.3, 0.4) is 0 Å². The number of amides is 1. The minimum atomic E-state index is -0.0703. The number of H-pyrrole nitrogens is 1. The van der Waals surface area contributed by atoms with Crippen molar-refractivity contribution in [3.8, 4) is 17.1 Å². The zero-order chi connectivity index (χ0) is 18.6. The number of rotatable bonds is 4. The molecule has 1 aromatic heterocycles. The van der Waals surface area contributed by atoms with Crippen LogP contribution in [0.5, 0.6) is 5.75 Å². The number of fused-ring (bicyclic) bond motifs is 1. The van der Waals surface area contributed by atoms with Gasteiger partial charge in [-0.25, -0.2) is 0 Å². The van der Waals surface area contributed by atoms with Crippen molar-refractivity contribution < 1.29 is 9.53 Å². The van der Waals surface area contributed by atoms with Crippen LogP contribution >= 0.6 is 0 Å². The summed E-state index contributed by atoms with van der Waals surface area (Å²) < 4.78 is 5.79. The SMILES string of the molecule is CN(Cc1cccc(-c2nn[nH]n2)c1)C(=O)[C@@H]1CCOc2ccccc2C1. The predicted octanol–water partition coefficient (Wildman–Crippen LogP) is 2.47. The van der Waals surface area contributed by atoms with E-state index in [0.717, 1.165) is 28.9 Å². The number of carbonyl (C=O) groups excluding carboxylic acids is 1. The Labute approximate surface area is 157 Å². The van der Waals surface area contributed by atoms with Crippen molar-refractivity contribution in [2.75, 3.05) is 13.7 Å². The van der Waals surface area contributed by atoms with Crippen LogP contribution in [0.15, 0.2) is 48.5 Å². The van der Waals surface area contributed by atoms with E-state index in [9.17, 15) is 4.79 Å². The molecule has 7 nitrogen and oxygen atoms in total. The Morgan fingerprint density at radius 1 is 1.26 bits per heavy atom. The number of carbonyl (C=O) groups is 1. The highest BCUT2D eigenvalue weighted by Gasteiger charge is 2.26. The molecule has 0 unspecified atom stereocenters. The summed E-state index contributed by atoms with van der Waals surface area (Å²) in [7, 11) is 1.85. The number of nitrogens with zero attached hydrogens (tertiary/aromatic N) is 4. The van der Waals surface area contributed by atoms with Gasteiger partial charge in [0, 0.05) is 25.1 Å². The van der Waals surface area contributed by atoms with Crippen molar-refractivity contribution in [3.63, 3.8) is 0 Å². The molecule has 138 valence electrons. The third kappa shape index (κ3) is 3.81. The minimum absolute atomic E-state index is 0.0703. The van der Waals surface area contributed by atoms with Crippen molar-refractivity contribution in [2.45, 2.75) is 19.4 Å². The number of benzene rings is 2. The van der Waals surface area contributed by atoms with Gasteiger partial charge in [-0.1, -0.05) is 36.4 Å². The molecule has 0 aliphatic carbocycles. The maximum absolute atomic E-state index is 13.0. The molecule has 0 saturated carbocycles. The van der Waals surface area contributed by atoms with Crippen molar-refractivity contribution in [1.29, 1.82) is 0 Å². The molecular formula is C20H21N5O2. The van der Waals surface area contributed by atoms with Crippen LogP contribution in [-0.4, -0.2) is 45.1 Å². The highest BCUT2D eigenvalue weighted by atomic mass is 16.5. The van der Waals surface area contributed by atoms with Crippen molar-refractivity contribution in [3.05, 3.63) is 59.7 Å². The minimum Gasteiger partial charge on any atom is -0.493 e. The summed E-state index contributed by atoms with van der Waals surface area (Å²) in [6.45, 7) is 1.10. The van der Waals surface area contributed by atoms with Gasteiger partial charge >= 0.3 is 0 Å². The number of aromatic nitrogens is 4. The maximum Gasteiger partial charge on any atom is 0.226 e. The largest absolute Gasteiger partial charge is 0.493 e. The second-order valence-corrected chi connectivity index (χ2v) is 6.78. The van der Waals surface area contributed by atoms with Gasteiger partial charge in [0.05, 0.1) is 6.61 Å². The topological polar surface area (TPSA) is 84.0 Å². The molecule has 0 fully saturated rings. The molecule has 3 aromatic rings. The lowest BCUT2D eigenvalue weighted by Crippen LogP contribution is -2.33. The molecule has 7 heteroatoms. The number of ether oxygens (including phenoxy) is 1. The number of tetrazole rings is 1. The number of aromatic amines is 1. The smallest absolute Gasteiger partial charge is 0.226 e. The van der Waals surface area contributed by atoms with Crippen LogP contribution in [0.2, 0.25) is 0 Å². The first kappa shape index (κ1) is 17.2. The molecule has 4 rings (SSSR count).